The molecule has 0 aliphatic carbocycles. The van der Waals surface area contributed by atoms with Gasteiger partial charge < -0.3 is 0 Å². The molecule has 1 aliphatic heterocycles. The Morgan fingerprint density at radius 1 is 1.00 bits per heavy atom. The van der Waals surface area contributed by atoms with Crippen LogP contribution in [0.3, 0.4) is 0 Å². The molecule has 0 saturated heterocycles. The Bertz CT molecular complexity index is 974. The molecule has 120 valence electrons. The average Bonchev–Trinajstić information content (AvgIpc) is 2.82. The first-order chi connectivity index (χ1) is 11.6. The number of aryl methyl sites for hydroxylation is 1. The summed E-state index contributed by atoms with van der Waals surface area (Å²) in [7, 11) is 0. The number of aliphatic imine (C=N–C) groups is 1. The Kier molecular flexibility index (Phi) is 3.42. The fourth-order valence-corrected chi connectivity index (χ4v) is 3.17. The Morgan fingerprint density at radius 2 is 1.71 bits per heavy atom. The van der Waals surface area contributed by atoms with E-state index in [1.165, 1.54) is 18.2 Å². The Hall–Kier alpha value is -2.60. The number of hydrogen-bond acceptors (Lipinski definition) is 3. The Balaban J connectivity index is 2.07. The highest BCUT2D eigenvalue weighted by molar-refractivity contribution is 6.36. The molecule has 1 aliphatic rings. The number of hydrogen-bond donors (Lipinski definition) is 0. The number of halogens is 3. The summed E-state index contributed by atoms with van der Waals surface area (Å²) in [4.78, 5) is 4.40. The van der Waals surface area contributed by atoms with E-state index in [1.807, 2.05) is 0 Å². The van der Waals surface area contributed by atoms with Crippen molar-refractivity contribution in [2.75, 3.05) is 0 Å². The summed E-state index contributed by atoms with van der Waals surface area (Å²) in [6.07, 6.45) is 0. The molecule has 0 atom stereocenters. The van der Waals surface area contributed by atoms with Gasteiger partial charge in [0.1, 0.15) is 24.0 Å². The van der Waals surface area contributed by atoms with Crippen LogP contribution in [0, 0.1) is 18.6 Å². The minimum Gasteiger partial charge on any atom is -0.281 e. The van der Waals surface area contributed by atoms with Gasteiger partial charge in [0.15, 0.2) is 5.82 Å². The molecule has 2 heterocycles. The van der Waals surface area contributed by atoms with E-state index in [-0.39, 0.29) is 17.8 Å². The van der Waals surface area contributed by atoms with E-state index in [2.05, 4.69) is 15.2 Å². The van der Waals surface area contributed by atoms with Crippen LogP contribution in [0.25, 0.3) is 5.69 Å². The highest BCUT2D eigenvalue weighted by Crippen LogP contribution is 2.32. The van der Waals surface area contributed by atoms with E-state index in [1.54, 1.807) is 29.7 Å². The zero-order valence-electron chi connectivity index (χ0n) is 12.6. The van der Waals surface area contributed by atoms with Crippen molar-refractivity contribution in [3.8, 4) is 5.69 Å². The average molecular weight is 345 g/mol. The van der Waals surface area contributed by atoms with Crippen LogP contribution in [0.4, 0.5) is 8.78 Å². The van der Waals surface area contributed by atoms with Gasteiger partial charge >= 0.3 is 0 Å². The standard InChI is InChI=1S/C17H11ClF2N4/c1-9-22-23-14-8-21-17(16-11(19)5-3-6-12(16)20)15-10(18)4-2-7-13(15)24(9)14/h2-7H,8H2,1H3. The quantitative estimate of drug-likeness (QED) is 0.672. The van der Waals surface area contributed by atoms with Gasteiger partial charge in [-0.25, -0.2) is 8.78 Å². The van der Waals surface area contributed by atoms with Gasteiger partial charge in [0.25, 0.3) is 0 Å². The van der Waals surface area contributed by atoms with Crippen LogP contribution in [0.15, 0.2) is 41.4 Å². The molecular weight excluding hydrogens is 334 g/mol. The van der Waals surface area contributed by atoms with Crippen LogP contribution in [-0.4, -0.2) is 20.5 Å². The first-order valence-corrected chi connectivity index (χ1v) is 7.64. The van der Waals surface area contributed by atoms with Crippen molar-refractivity contribution in [3.05, 3.63) is 75.8 Å². The lowest BCUT2D eigenvalue weighted by Crippen LogP contribution is -2.12. The van der Waals surface area contributed by atoms with Crippen molar-refractivity contribution in [1.29, 1.82) is 0 Å². The molecule has 0 radical (unpaired) electrons. The molecule has 1 aromatic heterocycles. The van der Waals surface area contributed by atoms with Crippen LogP contribution in [0.1, 0.15) is 22.8 Å². The third-order valence-corrected chi connectivity index (χ3v) is 4.25. The van der Waals surface area contributed by atoms with Crippen LogP contribution >= 0.6 is 11.6 Å². The number of rotatable bonds is 1. The predicted octanol–water partition coefficient (Wildman–Crippen LogP) is 3.86. The maximum atomic E-state index is 14.3. The maximum absolute atomic E-state index is 14.3. The molecule has 7 heteroatoms. The van der Waals surface area contributed by atoms with E-state index in [4.69, 9.17) is 11.6 Å². The largest absolute Gasteiger partial charge is 0.281 e. The van der Waals surface area contributed by atoms with E-state index in [9.17, 15) is 8.78 Å². The molecule has 0 unspecified atom stereocenters. The minimum atomic E-state index is -0.686. The molecule has 0 N–H and O–H groups in total. The van der Waals surface area contributed by atoms with Gasteiger partial charge in [-0.05, 0) is 31.2 Å². The van der Waals surface area contributed by atoms with Gasteiger partial charge in [-0.1, -0.05) is 23.7 Å². The van der Waals surface area contributed by atoms with E-state index >= 15 is 0 Å². The van der Waals surface area contributed by atoms with Crippen molar-refractivity contribution >= 4 is 17.3 Å². The highest BCUT2D eigenvalue weighted by atomic mass is 35.5. The van der Waals surface area contributed by atoms with Crippen LogP contribution in [-0.2, 0) is 6.54 Å². The summed E-state index contributed by atoms with van der Waals surface area (Å²) in [5.41, 5.74) is 1.10. The highest BCUT2D eigenvalue weighted by Gasteiger charge is 2.26. The fraction of sp³-hybridized carbons (Fsp3) is 0.118. The molecule has 0 fully saturated rings. The zero-order chi connectivity index (χ0) is 16.8. The smallest absolute Gasteiger partial charge is 0.159 e. The SMILES string of the molecule is Cc1nnc2n1-c1cccc(Cl)c1C(c1c(F)cccc1F)=NC2. The summed E-state index contributed by atoms with van der Waals surface area (Å²) < 4.78 is 30.5. The first kappa shape index (κ1) is 15.0. The number of aromatic nitrogens is 3. The summed E-state index contributed by atoms with van der Waals surface area (Å²) in [6.45, 7) is 1.95. The Morgan fingerprint density at radius 3 is 2.46 bits per heavy atom. The third kappa shape index (κ3) is 2.14. The zero-order valence-corrected chi connectivity index (χ0v) is 13.3. The molecule has 4 nitrogen and oxygen atoms in total. The van der Waals surface area contributed by atoms with Crippen molar-refractivity contribution < 1.29 is 8.78 Å². The van der Waals surface area contributed by atoms with E-state index < -0.39 is 11.6 Å². The van der Waals surface area contributed by atoms with E-state index in [0.717, 1.165) is 0 Å². The van der Waals surface area contributed by atoms with E-state index in [0.29, 0.717) is 27.9 Å². The summed E-state index contributed by atoms with van der Waals surface area (Å²) in [6, 6.07) is 8.96. The van der Waals surface area contributed by atoms with Crippen molar-refractivity contribution in [3.63, 3.8) is 0 Å². The van der Waals surface area contributed by atoms with Gasteiger partial charge in [0, 0.05) is 5.56 Å². The lowest BCUT2D eigenvalue weighted by atomic mass is 9.99. The maximum Gasteiger partial charge on any atom is 0.159 e. The minimum absolute atomic E-state index is 0.148. The second-order valence-electron chi connectivity index (χ2n) is 5.39. The number of nitrogens with zero attached hydrogens (tertiary/aromatic N) is 4. The van der Waals surface area contributed by atoms with Crippen molar-refractivity contribution in [1.82, 2.24) is 14.8 Å². The second kappa shape index (κ2) is 5.49. The lowest BCUT2D eigenvalue weighted by Gasteiger charge is -2.14. The van der Waals surface area contributed by atoms with Gasteiger partial charge in [-0.15, -0.1) is 10.2 Å². The summed E-state index contributed by atoms with van der Waals surface area (Å²) >= 11 is 6.37. The monoisotopic (exact) mass is 344 g/mol. The van der Waals surface area contributed by atoms with Crippen LogP contribution < -0.4 is 0 Å². The lowest BCUT2D eigenvalue weighted by molar-refractivity contribution is 0.579. The summed E-state index contributed by atoms with van der Waals surface area (Å²) in [5, 5.41) is 8.50. The molecule has 0 spiro atoms. The predicted molar refractivity (Wildman–Crippen MR) is 86.8 cm³/mol. The normalized spacial score (nSPS) is 13.1. The first-order valence-electron chi connectivity index (χ1n) is 7.27. The van der Waals surface area contributed by atoms with Crippen LogP contribution in [0.2, 0.25) is 5.02 Å². The molecule has 24 heavy (non-hydrogen) atoms. The summed E-state index contributed by atoms with van der Waals surface area (Å²) in [5.74, 6) is -0.134. The molecule has 0 bridgehead atoms. The fourth-order valence-electron chi connectivity index (χ4n) is 2.91. The Labute approximate surface area is 141 Å². The number of fused-ring (bicyclic) bond motifs is 3. The molecule has 4 rings (SSSR count). The molecule has 0 amide bonds. The van der Waals surface area contributed by atoms with Gasteiger partial charge in [-0.3, -0.25) is 9.56 Å². The molecule has 2 aromatic carbocycles. The van der Waals surface area contributed by atoms with Gasteiger partial charge in [0.05, 0.1) is 22.0 Å². The van der Waals surface area contributed by atoms with Crippen molar-refractivity contribution in [2.45, 2.75) is 13.5 Å². The topological polar surface area (TPSA) is 43.1 Å². The molecule has 0 saturated carbocycles. The van der Waals surface area contributed by atoms with Crippen molar-refractivity contribution in [2.24, 2.45) is 4.99 Å². The van der Waals surface area contributed by atoms with Gasteiger partial charge in [-0.2, -0.15) is 0 Å². The van der Waals surface area contributed by atoms with Gasteiger partial charge in [0.2, 0.25) is 0 Å². The molecular formula is C17H11ClF2N4. The molecule has 3 aromatic rings. The van der Waals surface area contributed by atoms with Crippen LogP contribution in [0.5, 0.6) is 0 Å². The second-order valence-corrected chi connectivity index (χ2v) is 5.80. The number of benzene rings is 2. The third-order valence-electron chi connectivity index (χ3n) is 3.94.